The normalized spacial score (nSPS) is 15.9. The van der Waals surface area contributed by atoms with E-state index in [1.807, 2.05) is 6.07 Å². The average Bonchev–Trinajstić information content (AvgIpc) is 3.30. The first-order valence-corrected chi connectivity index (χ1v) is 8.89. The van der Waals surface area contributed by atoms with E-state index in [-0.39, 0.29) is 0 Å². The van der Waals surface area contributed by atoms with Gasteiger partial charge >= 0.3 is 0 Å². The maximum absolute atomic E-state index is 6.17. The molecule has 1 unspecified atom stereocenters. The molecule has 0 radical (unpaired) electrons. The van der Waals surface area contributed by atoms with E-state index in [1.54, 1.807) is 0 Å². The first-order chi connectivity index (χ1) is 10.2. The number of rotatable bonds is 6. The smallest absolute Gasteiger partial charge is 0.0408 e. The summed E-state index contributed by atoms with van der Waals surface area (Å²) in [5, 5.41) is 4.49. The van der Waals surface area contributed by atoms with Gasteiger partial charge in [-0.15, -0.1) is 0 Å². The van der Waals surface area contributed by atoms with E-state index in [9.17, 15) is 0 Å². The summed E-state index contributed by atoms with van der Waals surface area (Å²) in [5.41, 5.74) is 2.71. The molecule has 1 nitrogen and oxygen atoms in total. The van der Waals surface area contributed by atoms with Crippen LogP contribution in [0.15, 0.2) is 48.5 Å². The van der Waals surface area contributed by atoms with Crippen molar-refractivity contribution in [2.75, 3.05) is 6.54 Å². The van der Waals surface area contributed by atoms with Crippen LogP contribution in [0.4, 0.5) is 0 Å². The molecule has 1 fully saturated rings. The minimum absolute atomic E-state index is 0.476. The van der Waals surface area contributed by atoms with Crippen molar-refractivity contribution in [1.82, 2.24) is 5.32 Å². The Bertz CT molecular complexity index is 592. The van der Waals surface area contributed by atoms with Gasteiger partial charge in [-0.1, -0.05) is 35.9 Å². The fourth-order valence-electron chi connectivity index (χ4n) is 2.57. The van der Waals surface area contributed by atoms with Crippen molar-refractivity contribution in [3.05, 3.63) is 68.3 Å². The number of nitrogens with one attached hydrogen (secondary N) is 1. The Morgan fingerprint density at radius 2 is 1.90 bits per heavy atom. The Balaban J connectivity index is 1.75. The second-order valence-corrected chi connectivity index (χ2v) is 7.45. The fourth-order valence-corrected chi connectivity index (χ4v) is 3.13. The Morgan fingerprint density at radius 1 is 1.14 bits per heavy atom. The molecule has 1 aliphatic rings. The monoisotopic (exact) mass is 411 g/mol. The van der Waals surface area contributed by atoms with Crippen molar-refractivity contribution >= 4 is 34.2 Å². The van der Waals surface area contributed by atoms with Crippen LogP contribution < -0.4 is 5.32 Å². The molecule has 3 heteroatoms. The van der Waals surface area contributed by atoms with E-state index in [0.717, 1.165) is 24.0 Å². The first-order valence-electron chi connectivity index (χ1n) is 7.44. The van der Waals surface area contributed by atoms with Crippen LogP contribution >= 0.6 is 34.2 Å². The molecule has 2 aromatic rings. The van der Waals surface area contributed by atoms with E-state index in [1.165, 1.54) is 27.5 Å². The standard InChI is InChI=1S/C18H19ClIN/c19-16-3-1-2-14(11-16)15(12-21-18-8-9-18)10-13-4-6-17(20)7-5-13/h1-7,11,15,18,21H,8-10,12H2. The number of hydrogen-bond donors (Lipinski definition) is 1. The van der Waals surface area contributed by atoms with Crippen LogP contribution in [0.5, 0.6) is 0 Å². The Hall–Kier alpha value is -0.580. The summed E-state index contributed by atoms with van der Waals surface area (Å²) in [6.07, 6.45) is 3.70. The second kappa shape index (κ2) is 7.12. The van der Waals surface area contributed by atoms with Gasteiger partial charge < -0.3 is 5.32 Å². The van der Waals surface area contributed by atoms with Gasteiger partial charge in [0.05, 0.1) is 0 Å². The Morgan fingerprint density at radius 3 is 2.57 bits per heavy atom. The van der Waals surface area contributed by atoms with E-state index in [2.05, 4.69) is 70.4 Å². The molecule has 0 aromatic heterocycles. The van der Waals surface area contributed by atoms with Crippen molar-refractivity contribution < 1.29 is 0 Å². The zero-order valence-corrected chi connectivity index (χ0v) is 14.8. The summed E-state index contributed by atoms with van der Waals surface area (Å²) in [7, 11) is 0. The lowest BCUT2D eigenvalue weighted by atomic mass is 9.92. The van der Waals surface area contributed by atoms with Gasteiger partial charge in [0.25, 0.3) is 0 Å². The van der Waals surface area contributed by atoms with Crippen LogP contribution in [0.2, 0.25) is 5.02 Å². The van der Waals surface area contributed by atoms with E-state index >= 15 is 0 Å². The van der Waals surface area contributed by atoms with E-state index in [0.29, 0.717) is 5.92 Å². The molecule has 0 heterocycles. The maximum Gasteiger partial charge on any atom is 0.0408 e. The summed E-state index contributed by atoms with van der Waals surface area (Å²) in [4.78, 5) is 0. The van der Waals surface area contributed by atoms with Crippen LogP contribution in [0.1, 0.15) is 29.9 Å². The minimum atomic E-state index is 0.476. The van der Waals surface area contributed by atoms with Gasteiger partial charge in [0.15, 0.2) is 0 Å². The number of benzene rings is 2. The van der Waals surface area contributed by atoms with Crippen LogP contribution in [0.25, 0.3) is 0 Å². The van der Waals surface area contributed by atoms with Gasteiger partial charge in [-0.25, -0.2) is 0 Å². The van der Waals surface area contributed by atoms with Gasteiger partial charge in [-0.2, -0.15) is 0 Å². The number of hydrogen-bond acceptors (Lipinski definition) is 1. The lowest BCUT2D eigenvalue weighted by molar-refractivity contribution is 0.577. The van der Waals surface area contributed by atoms with Crippen LogP contribution in [-0.2, 0) is 6.42 Å². The molecule has 1 saturated carbocycles. The quantitative estimate of drug-likeness (QED) is 0.658. The zero-order valence-electron chi connectivity index (χ0n) is 11.9. The molecule has 21 heavy (non-hydrogen) atoms. The summed E-state index contributed by atoms with van der Waals surface area (Å²) >= 11 is 8.52. The van der Waals surface area contributed by atoms with E-state index < -0.39 is 0 Å². The lowest BCUT2D eigenvalue weighted by Gasteiger charge is -2.19. The van der Waals surface area contributed by atoms with Crippen LogP contribution in [-0.4, -0.2) is 12.6 Å². The van der Waals surface area contributed by atoms with Crippen molar-refractivity contribution in [3.8, 4) is 0 Å². The lowest BCUT2D eigenvalue weighted by Crippen LogP contribution is -2.24. The highest BCUT2D eigenvalue weighted by atomic mass is 127. The molecule has 3 rings (SSSR count). The summed E-state index contributed by atoms with van der Waals surface area (Å²) < 4.78 is 1.28. The predicted molar refractivity (Wildman–Crippen MR) is 98.1 cm³/mol. The van der Waals surface area contributed by atoms with Gasteiger partial charge in [-0.05, 0) is 77.2 Å². The molecule has 2 aromatic carbocycles. The molecule has 0 bridgehead atoms. The van der Waals surface area contributed by atoms with Gasteiger partial charge in [-0.3, -0.25) is 0 Å². The van der Waals surface area contributed by atoms with Crippen LogP contribution in [0, 0.1) is 3.57 Å². The fraction of sp³-hybridized carbons (Fsp3) is 0.333. The maximum atomic E-state index is 6.17. The first kappa shape index (κ1) is 15.3. The molecule has 110 valence electrons. The topological polar surface area (TPSA) is 12.0 Å². The average molecular weight is 412 g/mol. The third-order valence-corrected chi connectivity index (χ3v) is 4.90. The molecule has 0 saturated heterocycles. The zero-order chi connectivity index (χ0) is 14.7. The second-order valence-electron chi connectivity index (χ2n) is 5.77. The highest BCUT2D eigenvalue weighted by Crippen LogP contribution is 2.26. The molecule has 0 aliphatic heterocycles. The third kappa shape index (κ3) is 4.70. The molecule has 0 amide bonds. The summed E-state index contributed by atoms with van der Waals surface area (Å²) in [6, 6.07) is 17.9. The molecular weight excluding hydrogens is 393 g/mol. The third-order valence-electron chi connectivity index (χ3n) is 3.95. The molecular formula is C18H19ClIN. The Labute approximate surface area is 145 Å². The van der Waals surface area contributed by atoms with Crippen molar-refractivity contribution in [2.45, 2.75) is 31.2 Å². The molecule has 1 atom stereocenters. The van der Waals surface area contributed by atoms with Crippen LogP contribution in [0.3, 0.4) is 0 Å². The largest absolute Gasteiger partial charge is 0.313 e. The van der Waals surface area contributed by atoms with Gasteiger partial charge in [0.2, 0.25) is 0 Å². The SMILES string of the molecule is Clc1cccc(C(CNC2CC2)Cc2ccc(I)cc2)c1. The molecule has 1 N–H and O–H groups in total. The van der Waals surface area contributed by atoms with Gasteiger partial charge in [0.1, 0.15) is 0 Å². The highest BCUT2D eigenvalue weighted by Gasteiger charge is 2.22. The minimum Gasteiger partial charge on any atom is -0.313 e. The summed E-state index contributed by atoms with van der Waals surface area (Å²) in [6.45, 7) is 1.02. The van der Waals surface area contributed by atoms with Crippen molar-refractivity contribution in [2.24, 2.45) is 0 Å². The number of halogens is 2. The Kier molecular flexibility index (Phi) is 5.19. The highest BCUT2D eigenvalue weighted by molar-refractivity contribution is 14.1. The van der Waals surface area contributed by atoms with Crippen molar-refractivity contribution in [3.63, 3.8) is 0 Å². The van der Waals surface area contributed by atoms with E-state index in [4.69, 9.17) is 11.6 Å². The predicted octanol–water partition coefficient (Wildman–Crippen LogP) is 5.02. The summed E-state index contributed by atoms with van der Waals surface area (Å²) in [5.74, 6) is 0.476. The molecule has 0 spiro atoms. The van der Waals surface area contributed by atoms with Crippen molar-refractivity contribution in [1.29, 1.82) is 0 Å². The van der Waals surface area contributed by atoms with Gasteiger partial charge in [0, 0.05) is 27.1 Å². The molecule has 1 aliphatic carbocycles.